The molecule has 0 aromatic heterocycles. The summed E-state index contributed by atoms with van der Waals surface area (Å²) < 4.78 is 4.40. The molecular weight excluding hydrogens is 232 g/mol. The van der Waals surface area contributed by atoms with Gasteiger partial charge in [-0.3, -0.25) is 14.4 Å². The van der Waals surface area contributed by atoms with Gasteiger partial charge in [0.05, 0.1) is 19.4 Å². The van der Waals surface area contributed by atoms with E-state index in [1.165, 1.54) is 6.92 Å². The zero-order chi connectivity index (χ0) is 14.3. The number of hydrogen-bond donors (Lipinski definition) is 3. The van der Waals surface area contributed by atoms with E-state index in [1.807, 2.05) is 0 Å². The second-order valence-corrected chi connectivity index (χ2v) is 2.53. The molecule has 0 rings (SSSR count). The summed E-state index contributed by atoms with van der Waals surface area (Å²) in [7, 11) is 0. The maximum Gasteiger partial charge on any atom is 0.303 e. The van der Waals surface area contributed by atoms with Crippen LogP contribution in [0.1, 0.15) is 33.6 Å². The molecule has 0 aromatic rings. The minimum Gasteiger partial charge on any atom is -0.481 e. The minimum absolute atomic E-state index is 0.211. The lowest BCUT2D eigenvalue weighted by Gasteiger charge is -1.89. The summed E-state index contributed by atoms with van der Waals surface area (Å²) in [6.45, 7) is 5.58. The van der Waals surface area contributed by atoms with E-state index < -0.39 is 11.9 Å². The molecule has 0 saturated carbocycles. The largest absolute Gasteiger partial charge is 0.481 e. The number of aliphatic hydroxyl groups excluding tert-OH is 1. The number of hydrogen-bond acceptors (Lipinski definition) is 5. The van der Waals surface area contributed by atoms with Crippen molar-refractivity contribution < 1.29 is 34.4 Å². The quantitative estimate of drug-likeness (QED) is 0.623. The van der Waals surface area contributed by atoms with Gasteiger partial charge >= 0.3 is 17.9 Å². The van der Waals surface area contributed by atoms with Crippen LogP contribution in [0.5, 0.6) is 0 Å². The van der Waals surface area contributed by atoms with Crippen molar-refractivity contribution >= 4 is 17.9 Å². The molecule has 7 nitrogen and oxygen atoms in total. The first kappa shape index (κ1) is 20.7. The van der Waals surface area contributed by atoms with E-state index in [9.17, 15) is 14.4 Å². The SMILES string of the molecule is CCO.CCOC(C)=O.O=C(O)CCC(=O)O. The summed E-state index contributed by atoms with van der Waals surface area (Å²) in [5, 5.41) is 23.4. The summed E-state index contributed by atoms with van der Waals surface area (Å²) in [6, 6.07) is 0. The second kappa shape index (κ2) is 16.8. The Labute approximate surface area is 100 Å². The Balaban J connectivity index is -0.000000193. The standard InChI is InChI=1S/C4H6O4.C4H8O2.C2H6O/c5-3(6)1-2-4(7)8;1-3-6-4(2)5;1-2-3/h1-2H2,(H,5,6)(H,7,8);3H2,1-2H3;3H,2H2,1H3. The number of esters is 1. The summed E-state index contributed by atoms with van der Waals surface area (Å²) in [5.41, 5.74) is 0. The van der Waals surface area contributed by atoms with Crippen molar-refractivity contribution in [1.29, 1.82) is 0 Å². The molecule has 0 aliphatic heterocycles. The highest BCUT2D eigenvalue weighted by molar-refractivity contribution is 5.75. The highest BCUT2D eigenvalue weighted by Crippen LogP contribution is 1.86. The second-order valence-electron chi connectivity index (χ2n) is 2.53. The third-order valence-electron chi connectivity index (χ3n) is 0.900. The van der Waals surface area contributed by atoms with Crippen LogP contribution < -0.4 is 0 Å². The smallest absolute Gasteiger partial charge is 0.303 e. The molecule has 0 heterocycles. The average molecular weight is 252 g/mol. The Kier molecular flexibility index (Phi) is 20.5. The molecule has 3 N–H and O–H groups in total. The number of carboxylic acid groups (broad SMARTS) is 2. The third kappa shape index (κ3) is 54.2. The molecule has 0 aromatic carbocycles. The van der Waals surface area contributed by atoms with Crippen LogP contribution in [0.2, 0.25) is 0 Å². The van der Waals surface area contributed by atoms with Crippen LogP contribution >= 0.6 is 0 Å². The Morgan fingerprint density at radius 2 is 1.29 bits per heavy atom. The topological polar surface area (TPSA) is 121 Å². The monoisotopic (exact) mass is 252 g/mol. The van der Waals surface area contributed by atoms with Crippen LogP contribution in [0.4, 0.5) is 0 Å². The summed E-state index contributed by atoms with van der Waals surface area (Å²) in [5.74, 6) is -2.36. The van der Waals surface area contributed by atoms with Gasteiger partial charge in [-0.05, 0) is 13.8 Å². The highest BCUT2D eigenvalue weighted by atomic mass is 16.5. The van der Waals surface area contributed by atoms with Gasteiger partial charge in [-0.25, -0.2) is 0 Å². The van der Waals surface area contributed by atoms with Gasteiger partial charge < -0.3 is 20.1 Å². The van der Waals surface area contributed by atoms with Crippen LogP contribution in [0, 0.1) is 0 Å². The molecule has 0 amide bonds. The van der Waals surface area contributed by atoms with Crippen molar-refractivity contribution in [3.05, 3.63) is 0 Å². The van der Waals surface area contributed by atoms with Gasteiger partial charge in [0.1, 0.15) is 0 Å². The van der Waals surface area contributed by atoms with Crippen molar-refractivity contribution in [2.45, 2.75) is 33.6 Å². The number of carbonyl (C=O) groups is 3. The van der Waals surface area contributed by atoms with Gasteiger partial charge in [0.15, 0.2) is 0 Å². The molecule has 0 unspecified atom stereocenters. The van der Waals surface area contributed by atoms with Gasteiger partial charge in [-0.15, -0.1) is 0 Å². The fourth-order valence-electron chi connectivity index (χ4n) is 0.417. The number of rotatable bonds is 4. The Hall–Kier alpha value is -1.63. The zero-order valence-corrected chi connectivity index (χ0v) is 10.3. The van der Waals surface area contributed by atoms with Crippen LogP contribution in [0.25, 0.3) is 0 Å². The lowest BCUT2D eigenvalue weighted by atomic mass is 10.3. The van der Waals surface area contributed by atoms with Crippen molar-refractivity contribution in [3.8, 4) is 0 Å². The summed E-state index contributed by atoms with van der Waals surface area (Å²) >= 11 is 0. The maximum absolute atomic E-state index is 9.82. The first-order chi connectivity index (χ1) is 7.81. The molecule has 0 fully saturated rings. The number of aliphatic hydroxyl groups is 1. The zero-order valence-electron chi connectivity index (χ0n) is 10.3. The van der Waals surface area contributed by atoms with Crippen LogP contribution in [0.15, 0.2) is 0 Å². The molecule has 0 aliphatic rings. The fourth-order valence-corrected chi connectivity index (χ4v) is 0.417. The van der Waals surface area contributed by atoms with E-state index >= 15 is 0 Å². The molecule has 0 atom stereocenters. The van der Waals surface area contributed by atoms with Gasteiger partial charge in [0, 0.05) is 13.5 Å². The van der Waals surface area contributed by atoms with Gasteiger partial charge in [0.2, 0.25) is 0 Å². The molecule has 0 spiro atoms. The average Bonchev–Trinajstić information content (AvgIpc) is 2.16. The van der Waals surface area contributed by atoms with Gasteiger partial charge in [0.25, 0.3) is 0 Å². The number of carbonyl (C=O) groups excluding carboxylic acids is 1. The lowest BCUT2D eigenvalue weighted by molar-refractivity contribution is -0.143. The van der Waals surface area contributed by atoms with Crippen molar-refractivity contribution in [2.24, 2.45) is 0 Å². The number of aliphatic carboxylic acids is 2. The molecule has 0 saturated heterocycles. The summed E-state index contributed by atoms with van der Waals surface area (Å²) in [4.78, 5) is 29.1. The van der Waals surface area contributed by atoms with E-state index in [0.29, 0.717) is 6.61 Å². The van der Waals surface area contributed by atoms with E-state index in [4.69, 9.17) is 15.3 Å². The molecule has 0 aliphatic carbocycles. The number of ether oxygens (including phenoxy) is 1. The van der Waals surface area contributed by atoms with E-state index in [1.54, 1.807) is 13.8 Å². The third-order valence-corrected chi connectivity index (χ3v) is 0.900. The fraction of sp³-hybridized carbons (Fsp3) is 0.700. The van der Waals surface area contributed by atoms with E-state index in [2.05, 4.69) is 4.74 Å². The van der Waals surface area contributed by atoms with E-state index in [-0.39, 0.29) is 25.4 Å². The van der Waals surface area contributed by atoms with Crippen LogP contribution in [0.3, 0.4) is 0 Å². The van der Waals surface area contributed by atoms with Gasteiger partial charge in [-0.2, -0.15) is 0 Å². The molecule has 102 valence electrons. The van der Waals surface area contributed by atoms with Crippen molar-refractivity contribution in [1.82, 2.24) is 0 Å². The predicted octanol–water partition coefficient (Wildman–Crippen LogP) is 0.504. The Morgan fingerprint density at radius 3 is 1.35 bits per heavy atom. The van der Waals surface area contributed by atoms with Crippen molar-refractivity contribution in [2.75, 3.05) is 13.2 Å². The molecule has 17 heavy (non-hydrogen) atoms. The highest BCUT2D eigenvalue weighted by Gasteiger charge is 2.00. The number of carboxylic acids is 2. The lowest BCUT2D eigenvalue weighted by Crippen LogP contribution is -2.00. The summed E-state index contributed by atoms with van der Waals surface area (Å²) in [6.07, 6.45) is -0.593. The minimum atomic E-state index is -1.08. The molecule has 0 bridgehead atoms. The van der Waals surface area contributed by atoms with Gasteiger partial charge in [-0.1, -0.05) is 0 Å². The van der Waals surface area contributed by atoms with Crippen LogP contribution in [-0.2, 0) is 19.1 Å². The Bertz CT molecular complexity index is 199. The molecular formula is C10H20O7. The van der Waals surface area contributed by atoms with Crippen LogP contribution in [-0.4, -0.2) is 46.4 Å². The van der Waals surface area contributed by atoms with E-state index in [0.717, 1.165) is 0 Å². The predicted molar refractivity (Wildman–Crippen MR) is 59.6 cm³/mol. The first-order valence-corrected chi connectivity index (χ1v) is 4.99. The maximum atomic E-state index is 9.82. The molecule has 7 heteroatoms. The normalized spacial score (nSPS) is 7.76. The Morgan fingerprint density at radius 1 is 1.00 bits per heavy atom. The molecule has 0 radical (unpaired) electrons. The van der Waals surface area contributed by atoms with Crippen molar-refractivity contribution in [3.63, 3.8) is 0 Å². The first-order valence-electron chi connectivity index (χ1n) is 4.99.